The van der Waals surface area contributed by atoms with Crippen LogP contribution in [0.25, 0.3) is 0 Å². The minimum Gasteiger partial charge on any atom is -0.493 e. The lowest BCUT2D eigenvalue weighted by Crippen LogP contribution is -2.50. The fourth-order valence-corrected chi connectivity index (χ4v) is 5.40. The molecule has 3 heterocycles. The Balaban J connectivity index is 1.56. The summed E-state index contributed by atoms with van der Waals surface area (Å²) in [5, 5.41) is 8.77. The molecule has 8 nitrogen and oxygen atoms in total. The van der Waals surface area contributed by atoms with Crippen molar-refractivity contribution in [3.8, 4) is 11.5 Å². The van der Waals surface area contributed by atoms with Crippen LogP contribution in [0.1, 0.15) is 36.5 Å². The normalized spacial score (nSPS) is 20.7. The van der Waals surface area contributed by atoms with E-state index >= 15 is 4.39 Å². The molecule has 1 spiro atoms. The highest BCUT2D eigenvalue weighted by molar-refractivity contribution is 6.16. The molecule has 3 aliphatic rings. The SMILES string of the molecule is CNC(=O)N1N=C(c2ccc(N3CCC4(CC3)COC4)cc2)c2c(c(F)cc(OC)c2OC)C[C@H]1C. The Morgan fingerprint density at radius 1 is 1.17 bits per heavy atom. The van der Waals surface area contributed by atoms with Crippen molar-refractivity contribution >= 4 is 17.4 Å². The molecule has 0 aliphatic carbocycles. The molecule has 2 aromatic carbocycles. The number of urea groups is 1. The second kappa shape index (κ2) is 9.61. The lowest BCUT2D eigenvalue weighted by atomic mass is 9.77. The van der Waals surface area contributed by atoms with Gasteiger partial charge in [-0.05, 0) is 38.3 Å². The number of hydrogen-bond donors (Lipinski definition) is 1. The Labute approximate surface area is 211 Å². The van der Waals surface area contributed by atoms with Crippen LogP contribution in [0.3, 0.4) is 0 Å². The number of fused-ring (bicyclic) bond motifs is 1. The number of hydrogen-bond acceptors (Lipinski definition) is 6. The Hall–Kier alpha value is -3.33. The van der Waals surface area contributed by atoms with Crippen molar-refractivity contribution in [1.29, 1.82) is 0 Å². The summed E-state index contributed by atoms with van der Waals surface area (Å²) >= 11 is 0. The largest absolute Gasteiger partial charge is 0.493 e. The van der Waals surface area contributed by atoms with Crippen molar-refractivity contribution < 1.29 is 23.4 Å². The van der Waals surface area contributed by atoms with E-state index in [2.05, 4.69) is 22.3 Å². The van der Waals surface area contributed by atoms with Crippen LogP contribution in [-0.4, -0.2) is 70.4 Å². The fraction of sp³-hybridized carbons (Fsp3) is 0.481. The maximum Gasteiger partial charge on any atom is 0.337 e. The van der Waals surface area contributed by atoms with E-state index in [1.165, 1.54) is 25.3 Å². The van der Waals surface area contributed by atoms with E-state index in [-0.39, 0.29) is 24.2 Å². The molecule has 9 heteroatoms. The average molecular weight is 497 g/mol. The van der Waals surface area contributed by atoms with Crippen LogP contribution in [0, 0.1) is 11.2 Å². The molecule has 36 heavy (non-hydrogen) atoms. The van der Waals surface area contributed by atoms with Crippen molar-refractivity contribution in [3.63, 3.8) is 0 Å². The summed E-state index contributed by atoms with van der Waals surface area (Å²) in [5.41, 5.74) is 3.67. The predicted molar refractivity (Wildman–Crippen MR) is 136 cm³/mol. The molecule has 0 aromatic heterocycles. The third kappa shape index (κ3) is 4.15. The molecular formula is C27H33FN4O4. The van der Waals surface area contributed by atoms with E-state index in [1.807, 2.05) is 19.1 Å². The van der Waals surface area contributed by atoms with Gasteiger partial charge in [-0.1, -0.05) is 12.1 Å². The van der Waals surface area contributed by atoms with E-state index < -0.39 is 5.82 Å². The van der Waals surface area contributed by atoms with Gasteiger partial charge in [-0.3, -0.25) is 0 Å². The molecule has 5 rings (SSSR count). The number of carbonyl (C=O) groups is 1. The molecule has 0 saturated carbocycles. The molecule has 2 aromatic rings. The third-order valence-electron chi connectivity index (χ3n) is 7.65. The van der Waals surface area contributed by atoms with Crippen molar-refractivity contribution in [2.45, 2.75) is 32.2 Å². The molecule has 3 aliphatic heterocycles. The zero-order chi connectivity index (χ0) is 25.4. The van der Waals surface area contributed by atoms with E-state index in [4.69, 9.17) is 19.3 Å². The van der Waals surface area contributed by atoms with Gasteiger partial charge in [0.25, 0.3) is 0 Å². The van der Waals surface area contributed by atoms with Gasteiger partial charge in [-0.15, -0.1) is 0 Å². The molecule has 2 saturated heterocycles. The lowest BCUT2D eigenvalue weighted by molar-refractivity contribution is -0.124. The summed E-state index contributed by atoms with van der Waals surface area (Å²) < 4.78 is 31.9. The molecular weight excluding hydrogens is 463 g/mol. The maximum atomic E-state index is 15.4. The molecule has 1 atom stereocenters. The van der Waals surface area contributed by atoms with Gasteiger partial charge in [-0.2, -0.15) is 5.10 Å². The molecule has 2 amide bonds. The fourth-order valence-electron chi connectivity index (χ4n) is 5.40. The van der Waals surface area contributed by atoms with E-state index in [1.54, 1.807) is 7.05 Å². The minimum atomic E-state index is -0.417. The van der Waals surface area contributed by atoms with Crippen LogP contribution in [-0.2, 0) is 11.2 Å². The topological polar surface area (TPSA) is 75.6 Å². The van der Waals surface area contributed by atoms with Gasteiger partial charge in [-0.25, -0.2) is 14.2 Å². The smallest absolute Gasteiger partial charge is 0.337 e. The first kappa shape index (κ1) is 24.4. The molecule has 0 unspecified atom stereocenters. The van der Waals surface area contributed by atoms with E-state index in [0.717, 1.165) is 50.4 Å². The van der Waals surface area contributed by atoms with Crippen molar-refractivity contribution in [1.82, 2.24) is 10.3 Å². The lowest BCUT2D eigenvalue weighted by Gasteiger charge is -2.47. The van der Waals surface area contributed by atoms with Gasteiger partial charge in [0.2, 0.25) is 0 Å². The first-order chi connectivity index (χ1) is 17.4. The molecule has 2 fully saturated rings. The number of benzene rings is 2. The number of methoxy groups -OCH3 is 2. The number of nitrogens with one attached hydrogen (secondary N) is 1. The third-order valence-corrected chi connectivity index (χ3v) is 7.65. The average Bonchev–Trinajstić information content (AvgIpc) is 3.04. The Morgan fingerprint density at radius 3 is 2.42 bits per heavy atom. The van der Waals surface area contributed by atoms with Gasteiger partial charge in [0, 0.05) is 48.4 Å². The second-order valence-electron chi connectivity index (χ2n) is 9.88. The van der Waals surface area contributed by atoms with Gasteiger partial charge in [0.15, 0.2) is 11.5 Å². The zero-order valence-electron chi connectivity index (χ0n) is 21.3. The highest BCUT2D eigenvalue weighted by Crippen LogP contribution is 2.41. The number of halogens is 1. The van der Waals surface area contributed by atoms with Crippen LogP contribution in [0.2, 0.25) is 0 Å². The van der Waals surface area contributed by atoms with Crippen LogP contribution >= 0.6 is 0 Å². The molecule has 192 valence electrons. The number of nitrogens with zero attached hydrogens (tertiary/aromatic N) is 3. The van der Waals surface area contributed by atoms with Gasteiger partial charge >= 0.3 is 6.03 Å². The number of ether oxygens (including phenoxy) is 3. The quantitative estimate of drug-likeness (QED) is 0.697. The molecule has 0 bridgehead atoms. The summed E-state index contributed by atoms with van der Waals surface area (Å²) in [7, 11) is 4.56. The summed E-state index contributed by atoms with van der Waals surface area (Å²) in [4.78, 5) is 15.1. The summed E-state index contributed by atoms with van der Waals surface area (Å²) in [6, 6.07) is 8.68. The second-order valence-corrected chi connectivity index (χ2v) is 9.88. The number of carbonyl (C=O) groups excluding carboxylic acids is 1. The number of anilines is 1. The van der Waals surface area contributed by atoms with Crippen molar-refractivity contribution in [3.05, 3.63) is 52.8 Å². The van der Waals surface area contributed by atoms with Gasteiger partial charge in [0.1, 0.15) is 11.5 Å². The molecule has 1 N–H and O–H groups in total. The summed E-state index contributed by atoms with van der Waals surface area (Å²) in [6.45, 7) is 5.58. The maximum absolute atomic E-state index is 15.4. The highest BCUT2D eigenvalue weighted by atomic mass is 19.1. The van der Waals surface area contributed by atoms with Crippen LogP contribution in [0.4, 0.5) is 14.9 Å². The first-order valence-electron chi connectivity index (χ1n) is 12.4. The number of piperidine rings is 1. The van der Waals surface area contributed by atoms with Crippen LogP contribution in [0.15, 0.2) is 35.4 Å². The summed E-state index contributed by atoms with van der Waals surface area (Å²) in [6.07, 6.45) is 2.54. The highest BCUT2D eigenvalue weighted by Gasteiger charge is 2.41. The minimum absolute atomic E-state index is 0.277. The number of rotatable bonds is 4. The Morgan fingerprint density at radius 2 is 1.86 bits per heavy atom. The number of hydrazone groups is 1. The van der Waals surface area contributed by atoms with Crippen molar-refractivity contribution in [2.75, 3.05) is 52.5 Å². The standard InChI is InChI=1S/C27H33FN4O4/c1-17-13-20-21(28)14-22(34-3)25(35-4)23(20)24(30-32(17)26(33)29-2)18-5-7-19(8-6-18)31-11-9-27(10-12-31)15-36-16-27/h5-8,14,17H,9-13,15-16H2,1-4H3,(H,29,33)/t17-/m1/s1. The zero-order valence-corrected chi connectivity index (χ0v) is 21.3. The van der Waals surface area contributed by atoms with Gasteiger partial charge < -0.3 is 24.4 Å². The monoisotopic (exact) mass is 496 g/mol. The van der Waals surface area contributed by atoms with Crippen LogP contribution in [0.5, 0.6) is 11.5 Å². The first-order valence-corrected chi connectivity index (χ1v) is 12.4. The molecule has 0 radical (unpaired) electrons. The Kier molecular flexibility index (Phi) is 6.51. The van der Waals surface area contributed by atoms with Gasteiger partial charge in [0.05, 0.1) is 39.0 Å². The van der Waals surface area contributed by atoms with E-state index in [0.29, 0.717) is 28.0 Å². The predicted octanol–water partition coefficient (Wildman–Crippen LogP) is 3.80. The van der Waals surface area contributed by atoms with Crippen LogP contribution < -0.4 is 19.7 Å². The number of amides is 2. The van der Waals surface area contributed by atoms with E-state index in [9.17, 15) is 4.79 Å². The summed E-state index contributed by atoms with van der Waals surface area (Å²) in [5.74, 6) is 0.257. The Bertz CT molecular complexity index is 1170. The van der Waals surface area contributed by atoms with Crippen molar-refractivity contribution in [2.24, 2.45) is 10.5 Å².